The van der Waals surface area contributed by atoms with Crippen molar-refractivity contribution in [1.29, 1.82) is 0 Å². The highest BCUT2D eigenvalue weighted by molar-refractivity contribution is 6.00. The third kappa shape index (κ3) is 3.68. The van der Waals surface area contributed by atoms with E-state index >= 15 is 0 Å². The number of oxazole rings is 1. The minimum Gasteiger partial charge on any atom is -0.495 e. The normalized spacial score (nSPS) is 15.5. The second-order valence-electron chi connectivity index (χ2n) is 8.06. The van der Waals surface area contributed by atoms with Crippen molar-refractivity contribution in [2.45, 2.75) is 65.5 Å². The van der Waals surface area contributed by atoms with E-state index in [2.05, 4.69) is 53.4 Å². The molecule has 1 aliphatic carbocycles. The van der Waals surface area contributed by atoms with Crippen LogP contribution in [-0.2, 0) is 6.54 Å². The molecule has 0 atom stereocenters. The number of fused-ring (bicyclic) bond motifs is 1. The summed E-state index contributed by atoms with van der Waals surface area (Å²) < 4.78 is 14.5. The van der Waals surface area contributed by atoms with E-state index in [9.17, 15) is 0 Å². The van der Waals surface area contributed by atoms with E-state index in [0.717, 1.165) is 42.6 Å². The van der Waals surface area contributed by atoms with Gasteiger partial charge in [0.05, 0.1) is 25.4 Å². The predicted molar refractivity (Wildman–Crippen MR) is 117 cm³/mol. The number of methoxy groups -OCH3 is 1. The molecule has 0 aliphatic heterocycles. The number of para-hydroxylation sites is 1. The summed E-state index contributed by atoms with van der Waals surface area (Å²) in [6.07, 6.45) is 8.29. The molecule has 0 saturated heterocycles. The summed E-state index contributed by atoms with van der Waals surface area (Å²) in [7, 11) is 1.76. The highest BCUT2D eigenvalue weighted by Crippen LogP contribution is 2.43. The monoisotopic (exact) mass is 395 g/mol. The Kier molecular flexibility index (Phi) is 5.95. The Bertz CT molecular complexity index is 962. The Morgan fingerprint density at radius 2 is 1.93 bits per heavy atom. The minimum absolute atomic E-state index is 0.523. The maximum Gasteiger partial charge on any atom is 0.209 e. The zero-order chi connectivity index (χ0) is 20.4. The van der Waals surface area contributed by atoms with Crippen LogP contribution >= 0.6 is 0 Å². The van der Waals surface area contributed by atoms with Crippen molar-refractivity contribution in [3.63, 3.8) is 0 Å². The van der Waals surface area contributed by atoms with Gasteiger partial charge in [0.2, 0.25) is 5.89 Å². The molecule has 0 bridgehead atoms. The maximum absolute atomic E-state index is 6.26. The quantitative estimate of drug-likeness (QED) is 0.495. The summed E-state index contributed by atoms with van der Waals surface area (Å²) in [6, 6.07) is 6.85. The van der Waals surface area contributed by atoms with Gasteiger partial charge in [-0.25, -0.2) is 4.98 Å². The summed E-state index contributed by atoms with van der Waals surface area (Å²) in [4.78, 5) is 6.91. The van der Waals surface area contributed by atoms with Gasteiger partial charge in [0, 0.05) is 22.7 Å². The molecule has 5 heteroatoms. The minimum atomic E-state index is 0.523. The lowest BCUT2D eigenvalue weighted by Crippen LogP contribution is -2.22. The molecule has 1 saturated carbocycles. The molecule has 29 heavy (non-hydrogen) atoms. The molecule has 0 radical (unpaired) electrons. The van der Waals surface area contributed by atoms with E-state index in [0.29, 0.717) is 6.04 Å². The lowest BCUT2D eigenvalue weighted by Gasteiger charge is -2.26. The Morgan fingerprint density at radius 3 is 2.62 bits per heavy atom. The summed E-state index contributed by atoms with van der Waals surface area (Å²) in [5, 5.41) is 1.19. The molecular formula is C24H33N3O2. The van der Waals surface area contributed by atoms with Gasteiger partial charge < -0.3 is 13.7 Å². The second-order valence-corrected chi connectivity index (χ2v) is 8.06. The molecule has 0 spiro atoms. The summed E-state index contributed by atoms with van der Waals surface area (Å²) >= 11 is 0. The molecule has 3 aromatic rings. The van der Waals surface area contributed by atoms with Gasteiger partial charge in [0.25, 0.3) is 0 Å². The van der Waals surface area contributed by atoms with Crippen LogP contribution in [0.3, 0.4) is 0 Å². The molecule has 2 heterocycles. The standard InChI is InChI=1S/C24H33N3O2/c1-5-26(6-2)16-22-25-15-21(29-22)23-17(3)27(18-11-8-7-9-12-18)24-19(23)13-10-14-20(24)28-4/h10,13-15,18H,5-9,11-12,16H2,1-4H3. The number of hydrogen-bond acceptors (Lipinski definition) is 4. The number of aromatic nitrogens is 2. The highest BCUT2D eigenvalue weighted by Gasteiger charge is 2.26. The van der Waals surface area contributed by atoms with Gasteiger partial charge in [0.1, 0.15) is 5.75 Å². The van der Waals surface area contributed by atoms with Crippen molar-refractivity contribution in [3.05, 3.63) is 36.0 Å². The fourth-order valence-electron chi connectivity index (χ4n) is 4.86. The Balaban J connectivity index is 1.83. The smallest absolute Gasteiger partial charge is 0.209 e. The first-order valence-corrected chi connectivity index (χ1v) is 11.0. The molecule has 1 aliphatic rings. The van der Waals surface area contributed by atoms with Gasteiger partial charge in [-0.3, -0.25) is 4.90 Å². The molecular weight excluding hydrogens is 362 g/mol. The SMILES string of the molecule is CCN(CC)Cc1ncc(-c2c(C)n(C3CCCCC3)c3c(OC)cccc23)o1. The lowest BCUT2D eigenvalue weighted by atomic mass is 9.95. The number of nitrogens with zero attached hydrogens (tertiary/aromatic N) is 3. The molecule has 156 valence electrons. The van der Waals surface area contributed by atoms with E-state index in [1.807, 2.05) is 6.20 Å². The Labute approximate surface area is 173 Å². The summed E-state index contributed by atoms with van der Waals surface area (Å²) in [5.74, 6) is 2.58. The molecule has 2 aromatic heterocycles. The van der Waals surface area contributed by atoms with E-state index < -0.39 is 0 Å². The van der Waals surface area contributed by atoms with Gasteiger partial charge in [-0.05, 0) is 38.9 Å². The molecule has 1 aromatic carbocycles. The summed E-state index contributed by atoms with van der Waals surface area (Å²) in [6.45, 7) is 9.28. The van der Waals surface area contributed by atoms with Crippen molar-refractivity contribution in [2.75, 3.05) is 20.2 Å². The van der Waals surface area contributed by atoms with Gasteiger partial charge in [0.15, 0.2) is 5.76 Å². The second kappa shape index (κ2) is 8.62. The fraction of sp³-hybridized carbons (Fsp3) is 0.542. The average Bonchev–Trinajstić information content (AvgIpc) is 3.33. The molecule has 1 fully saturated rings. The lowest BCUT2D eigenvalue weighted by molar-refractivity contribution is 0.264. The van der Waals surface area contributed by atoms with Crippen LogP contribution in [-0.4, -0.2) is 34.7 Å². The Hall–Kier alpha value is -2.27. The zero-order valence-corrected chi connectivity index (χ0v) is 18.2. The van der Waals surface area contributed by atoms with Crippen LogP contribution in [0.15, 0.2) is 28.8 Å². The van der Waals surface area contributed by atoms with Crippen LogP contribution in [0.2, 0.25) is 0 Å². The maximum atomic E-state index is 6.26. The first-order chi connectivity index (χ1) is 14.2. The van der Waals surface area contributed by atoms with Gasteiger partial charge in [-0.2, -0.15) is 0 Å². The third-order valence-corrected chi connectivity index (χ3v) is 6.45. The van der Waals surface area contributed by atoms with E-state index in [-0.39, 0.29) is 0 Å². The number of benzene rings is 1. The molecule has 0 N–H and O–H groups in total. The van der Waals surface area contributed by atoms with Crippen LogP contribution in [0.4, 0.5) is 0 Å². The van der Waals surface area contributed by atoms with Gasteiger partial charge in [-0.15, -0.1) is 0 Å². The Morgan fingerprint density at radius 1 is 1.17 bits per heavy atom. The fourth-order valence-corrected chi connectivity index (χ4v) is 4.86. The predicted octanol–water partition coefficient (Wildman–Crippen LogP) is 5.96. The topological polar surface area (TPSA) is 43.4 Å². The van der Waals surface area contributed by atoms with Crippen molar-refractivity contribution < 1.29 is 9.15 Å². The van der Waals surface area contributed by atoms with Crippen LogP contribution < -0.4 is 4.74 Å². The number of hydrogen-bond donors (Lipinski definition) is 0. The van der Waals surface area contributed by atoms with E-state index in [1.54, 1.807) is 7.11 Å². The number of rotatable bonds is 7. The van der Waals surface area contributed by atoms with Gasteiger partial charge in [-0.1, -0.05) is 45.2 Å². The van der Waals surface area contributed by atoms with Crippen molar-refractivity contribution in [1.82, 2.24) is 14.5 Å². The van der Waals surface area contributed by atoms with Crippen molar-refractivity contribution in [3.8, 4) is 17.1 Å². The summed E-state index contributed by atoms with van der Waals surface area (Å²) in [5.41, 5.74) is 3.60. The van der Waals surface area contributed by atoms with Crippen molar-refractivity contribution >= 4 is 10.9 Å². The van der Waals surface area contributed by atoms with Gasteiger partial charge >= 0.3 is 0 Å². The molecule has 5 nitrogen and oxygen atoms in total. The average molecular weight is 396 g/mol. The zero-order valence-electron chi connectivity index (χ0n) is 18.2. The van der Waals surface area contributed by atoms with E-state index in [4.69, 9.17) is 9.15 Å². The van der Waals surface area contributed by atoms with Crippen LogP contribution in [0.1, 0.15) is 63.6 Å². The third-order valence-electron chi connectivity index (χ3n) is 6.45. The first-order valence-electron chi connectivity index (χ1n) is 11.0. The van der Waals surface area contributed by atoms with Crippen LogP contribution in [0, 0.1) is 6.92 Å². The highest BCUT2D eigenvalue weighted by atomic mass is 16.5. The van der Waals surface area contributed by atoms with Crippen LogP contribution in [0.5, 0.6) is 5.75 Å². The number of ether oxygens (including phenoxy) is 1. The first kappa shape index (κ1) is 20.0. The van der Waals surface area contributed by atoms with Crippen molar-refractivity contribution in [2.24, 2.45) is 0 Å². The molecule has 0 unspecified atom stereocenters. The largest absolute Gasteiger partial charge is 0.495 e. The molecule has 0 amide bonds. The van der Waals surface area contributed by atoms with Crippen LogP contribution in [0.25, 0.3) is 22.2 Å². The van der Waals surface area contributed by atoms with E-state index in [1.165, 1.54) is 48.7 Å². The molecule has 4 rings (SSSR count).